The lowest BCUT2D eigenvalue weighted by Gasteiger charge is -2.02. The van der Waals surface area contributed by atoms with Crippen LogP contribution in [0, 0.1) is 0 Å². The average Bonchev–Trinajstić information content (AvgIpc) is 2.19. The molecule has 3 nitrogen and oxygen atoms in total. The molecule has 0 saturated heterocycles. The summed E-state index contributed by atoms with van der Waals surface area (Å²) in [5.41, 5.74) is 0.556. The van der Waals surface area contributed by atoms with Gasteiger partial charge in [0.25, 0.3) is 0 Å². The van der Waals surface area contributed by atoms with Crippen molar-refractivity contribution in [3.05, 3.63) is 24.3 Å². The predicted molar refractivity (Wildman–Crippen MR) is 47.3 cm³/mol. The number of carbonyl (C=O) groups is 1. The fourth-order valence-corrected chi connectivity index (χ4v) is 0.817. The summed E-state index contributed by atoms with van der Waals surface area (Å²) in [5.74, 6) is 0.0477. The van der Waals surface area contributed by atoms with Crippen LogP contribution < -0.4 is 10.1 Å². The molecular formula is C9H11NO2. The normalized spacial score (nSPS) is 11.8. The molecule has 12 heavy (non-hydrogen) atoms. The lowest BCUT2D eigenvalue weighted by molar-refractivity contribution is -0.114. The van der Waals surface area contributed by atoms with Crippen LogP contribution >= 0.6 is 0 Å². The Kier molecular flexibility index (Phi) is 1.90. The molecule has 0 unspecified atom stereocenters. The second-order valence-corrected chi connectivity index (χ2v) is 2.22. The van der Waals surface area contributed by atoms with Crippen LogP contribution in [0.15, 0.2) is 24.3 Å². The summed E-state index contributed by atoms with van der Waals surface area (Å²) in [7, 11) is 1.55. The van der Waals surface area contributed by atoms with Gasteiger partial charge in [0.15, 0.2) is 0 Å². The third-order valence-electron chi connectivity index (χ3n) is 1.36. The highest BCUT2D eigenvalue weighted by molar-refractivity contribution is 5.88. The van der Waals surface area contributed by atoms with Gasteiger partial charge in [0.05, 0.1) is 7.11 Å². The minimum atomic E-state index is -1.50. The zero-order valence-corrected chi connectivity index (χ0v) is 6.70. The molecule has 0 fully saturated rings. The van der Waals surface area contributed by atoms with Crippen molar-refractivity contribution >= 4 is 11.6 Å². The van der Waals surface area contributed by atoms with Gasteiger partial charge >= 0.3 is 0 Å². The summed E-state index contributed by atoms with van der Waals surface area (Å²) >= 11 is 0. The first kappa shape index (κ1) is 6.06. The SMILES string of the molecule is [2H]C([2H])C(=O)Nc1ccc(OC)cc1. The van der Waals surface area contributed by atoms with E-state index in [-0.39, 0.29) is 0 Å². The fraction of sp³-hybridized carbons (Fsp3) is 0.222. The van der Waals surface area contributed by atoms with Gasteiger partial charge in [-0.3, -0.25) is 4.79 Å². The number of ether oxygens (including phenoxy) is 1. The average molecular weight is 167 g/mol. The largest absolute Gasteiger partial charge is 0.497 e. The first-order chi connectivity index (χ1) is 6.63. The van der Waals surface area contributed by atoms with E-state index in [9.17, 15) is 4.79 Å². The quantitative estimate of drug-likeness (QED) is 0.727. The van der Waals surface area contributed by atoms with Crippen molar-refractivity contribution in [2.75, 3.05) is 12.4 Å². The Labute approximate surface area is 74.2 Å². The molecule has 0 heterocycles. The maximum atomic E-state index is 10.9. The molecule has 1 N–H and O–H groups in total. The summed E-state index contributed by atoms with van der Waals surface area (Å²) in [6.07, 6.45) is 0. The summed E-state index contributed by atoms with van der Waals surface area (Å²) in [6, 6.07) is 6.69. The Hall–Kier alpha value is -1.51. The van der Waals surface area contributed by atoms with Gasteiger partial charge in [0, 0.05) is 15.3 Å². The lowest BCUT2D eigenvalue weighted by atomic mass is 10.3. The molecule has 0 aliphatic heterocycles. The van der Waals surface area contributed by atoms with Crippen LogP contribution in [-0.2, 0) is 4.79 Å². The highest BCUT2D eigenvalue weighted by Crippen LogP contribution is 2.14. The molecule has 1 aromatic carbocycles. The molecule has 0 saturated carbocycles. The lowest BCUT2D eigenvalue weighted by Crippen LogP contribution is -2.05. The molecule has 1 rings (SSSR count). The number of nitrogens with one attached hydrogen (secondary N) is 1. The van der Waals surface area contributed by atoms with Gasteiger partial charge in [0.2, 0.25) is 5.91 Å². The van der Waals surface area contributed by atoms with Gasteiger partial charge < -0.3 is 10.1 Å². The van der Waals surface area contributed by atoms with Crippen molar-refractivity contribution < 1.29 is 12.3 Å². The van der Waals surface area contributed by atoms with Crippen LogP contribution in [0.5, 0.6) is 5.75 Å². The van der Waals surface area contributed by atoms with Crippen molar-refractivity contribution in [3.63, 3.8) is 0 Å². The molecule has 0 radical (unpaired) electrons. The Bertz CT molecular complexity index is 311. The maximum Gasteiger partial charge on any atom is 0.221 e. The minimum absolute atomic E-state index is 0.556. The summed E-state index contributed by atoms with van der Waals surface area (Å²) in [6.45, 7) is -1.50. The van der Waals surface area contributed by atoms with E-state index >= 15 is 0 Å². The van der Waals surface area contributed by atoms with Gasteiger partial charge in [-0.15, -0.1) is 0 Å². The van der Waals surface area contributed by atoms with Gasteiger partial charge in [-0.25, -0.2) is 0 Å². The van der Waals surface area contributed by atoms with E-state index in [1.165, 1.54) is 0 Å². The molecule has 0 bridgehead atoms. The second-order valence-electron chi connectivity index (χ2n) is 2.22. The van der Waals surface area contributed by atoms with Gasteiger partial charge in [-0.2, -0.15) is 0 Å². The predicted octanol–water partition coefficient (Wildman–Crippen LogP) is 1.65. The van der Waals surface area contributed by atoms with Crippen molar-refractivity contribution in [1.82, 2.24) is 0 Å². The van der Waals surface area contributed by atoms with E-state index in [0.717, 1.165) is 0 Å². The highest BCUT2D eigenvalue weighted by Gasteiger charge is 1.94. The number of benzene rings is 1. The van der Waals surface area contributed by atoms with E-state index in [1.54, 1.807) is 31.4 Å². The van der Waals surface area contributed by atoms with Crippen LogP contribution in [-0.4, -0.2) is 13.0 Å². The smallest absolute Gasteiger partial charge is 0.221 e. The molecular weight excluding hydrogens is 154 g/mol. The van der Waals surface area contributed by atoms with Gasteiger partial charge in [-0.05, 0) is 24.3 Å². The van der Waals surface area contributed by atoms with Crippen LogP contribution in [0.1, 0.15) is 9.62 Å². The van der Waals surface area contributed by atoms with E-state index < -0.39 is 12.8 Å². The van der Waals surface area contributed by atoms with Crippen LogP contribution in [0.25, 0.3) is 0 Å². The number of anilines is 1. The first-order valence-electron chi connectivity index (χ1n) is 4.58. The molecule has 0 aromatic heterocycles. The molecule has 64 valence electrons. The molecule has 1 amide bonds. The standard InChI is InChI=1S/C9H11NO2/c1-7(11)10-8-3-5-9(12-2)6-4-8/h3-6H,1-2H3,(H,10,11)/i1D2. The zero-order valence-electron chi connectivity index (χ0n) is 8.70. The highest BCUT2D eigenvalue weighted by atomic mass is 16.5. The van der Waals surface area contributed by atoms with E-state index in [4.69, 9.17) is 7.48 Å². The molecule has 3 heteroatoms. The van der Waals surface area contributed by atoms with E-state index in [2.05, 4.69) is 5.32 Å². The third kappa shape index (κ3) is 2.27. The first-order valence-corrected chi connectivity index (χ1v) is 3.43. The molecule has 0 aliphatic rings. The van der Waals surface area contributed by atoms with E-state index in [1.807, 2.05) is 0 Å². The molecule has 1 aromatic rings. The number of carbonyl (C=O) groups excluding carboxylic acids is 1. The van der Waals surface area contributed by atoms with Gasteiger partial charge in [-0.1, -0.05) is 0 Å². The summed E-state index contributed by atoms with van der Waals surface area (Å²) < 4.78 is 18.6. The number of hydrogen-bond acceptors (Lipinski definition) is 2. The number of hydrogen-bond donors (Lipinski definition) is 1. The number of amides is 1. The third-order valence-corrected chi connectivity index (χ3v) is 1.36. The molecule has 0 spiro atoms. The van der Waals surface area contributed by atoms with Gasteiger partial charge in [0.1, 0.15) is 5.75 Å². The van der Waals surface area contributed by atoms with Crippen LogP contribution in [0.4, 0.5) is 5.69 Å². The number of rotatable bonds is 2. The van der Waals surface area contributed by atoms with Crippen LogP contribution in [0.3, 0.4) is 0 Å². The van der Waals surface area contributed by atoms with E-state index in [0.29, 0.717) is 11.4 Å². The van der Waals surface area contributed by atoms with Crippen molar-refractivity contribution in [2.45, 2.75) is 6.88 Å². The van der Waals surface area contributed by atoms with Crippen molar-refractivity contribution in [1.29, 1.82) is 0 Å². The Morgan fingerprint density at radius 2 is 2.17 bits per heavy atom. The Morgan fingerprint density at radius 3 is 2.67 bits per heavy atom. The Morgan fingerprint density at radius 1 is 1.50 bits per heavy atom. The van der Waals surface area contributed by atoms with Crippen LogP contribution in [0.2, 0.25) is 0 Å². The molecule has 0 atom stereocenters. The van der Waals surface area contributed by atoms with Crippen molar-refractivity contribution in [2.24, 2.45) is 0 Å². The topological polar surface area (TPSA) is 38.3 Å². The second kappa shape index (κ2) is 3.76. The summed E-state index contributed by atoms with van der Waals surface area (Å²) in [5, 5.41) is 2.42. The van der Waals surface area contributed by atoms with Crippen molar-refractivity contribution in [3.8, 4) is 5.75 Å². The molecule has 0 aliphatic carbocycles. The summed E-state index contributed by atoms with van der Waals surface area (Å²) in [4.78, 5) is 10.9. The minimum Gasteiger partial charge on any atom is -0.497 e. The maximum absolute atomic E-state index is 10.9. The number of methoxy groups -OCH3 is 1. The fourth-order valence-electron chi connectivity index (χ4n) is 0.817. The monoisotopic (exact) mass is 167 g/mol. The Balaban J connectivity index is 2.64. The zero-order chi connectivity index (χ0) is 10.6.